The first kappa shape index (κ1) is 12.8. The second-order valence-electron chi connectivity index (χ2n) is 4.35. The van der Waals surface area contributed by atoms with Crippen molar-refractivity contribution in [2.75, 3.05) is 7.11 Å². The molecular formula is C16H13ClN2O. The Bertz CT molecular complexity index is 737. The van der Waals surface area contributed by atoms with E-state index in [1.807, 2.05) is 54.7 Å². The third-order valence-electron chi connectivity index (χ3n) is 3.09. The molecular weight excluding hydrogens is 272 g/mol. The SMILES string of the molecule is COc1cccc(-n2cc(-c3ccccc3Cl)cn2)c1. The molecule has 3 nitrogen and oxygen atoms in total. The molecule has 3 rings (SSSR count). The van der Waals surface area contributed by atoms with E-state index >= 15 is 0 Å². The lowest BCUT2D eigenvalue weighted by atomic mass is 10.1. The summed E-state index contributed by atoms with van der Waals surface area (Å²) >= 11 is 6.20. The number of nitrogens with zero attached hydrogens (tertiary/aromatic N) is 2. The van der Waals surface area contributed by atoms with Crippen molar-refractivity contribution in [3.8, 4) is 22.6 Å². The number of hydrogen-bond donors (Lipinski definition) is 0. The first-order valence-corrected chi connectivity index (χ1v) is 6.60. The van der Waals surface area contributed by atoms with E-state index < -0.39 is 0 Å². The van der Waals surface area contributed by atoms with E-state index in [9.17, 15) is 0 Å². The summed E-state index contributed by atoms with van der Waals surface area (Å²) in [5.74, 6) is 0.803. The van der Waals surface area contributed by atoms with Crippen molar-refractivity contribution in [3.05, 3.63) is 65.9 Å². The quantitative estimate of drug-likeness (QED) is 0.721. The van der Waals surface area contributed by atoms with Gasteiger partial charge in [0.05, 0.1) is 19.0 Å². The summed E-state index contributed by atoms with van der Waals surface area (Å²) in [6, 6.07) is 15.5. The van der Waals surface area contributed by atoms with Gasteiger partial charge >= 0.3 is 0 Å². The van der Waals surface area contributed by atoms with Crippen LogP contribution in [0.4, 0.5) is 0 Å². The second-order valence-corrected chi connectivity index (χ2v) is 4.76. The first-order valence-electron chi connectivity index (χ1n) is 6.22. The molecule has 3 aromatic rings. The molecule has 0 spiro atoms. The Morgan fingerprint density at radius 1 is 1.10 bits per heavy atom. The van der Waals surface area contributed by atoms with Crippen LogP contribution in [0.5, 0.6) is 5.75 Å². The molecule has 0 unspecified atom stereocenters. The Labute approximate surface area is 122 Å². The molecule has 0 aliphatic carbocycles. The van der Waals surface area contributed by atoms with Gasteiger partial charge in [-0.1, -0.05) is 35.9 Å². The average molecular weight is 285 g/mol. The summed E-state index contributed by atoms with van der Waals surface area (Å²) in [4.78, 5) is 0. The molecule has 0 amide bonds. The van der Waals surface area contributed by atoms with Gasteiger partial charge in [0.2, 0.25) is 0 Å². The zero-order valence-electron chi connectivity index (χ0n) is 11.0. The molecule has 0 saturated carbocycles. The third-order valence-corrected chi connectivity index (χ3v) is 3.41. The summed E-state index contributed by atoms with van der Waals surface area (Å²) in [5, 5.41) is 5.10. The van der Waals surface area contributed by atoms with Gasteiger partial charge in [0.25, 0.3) is 0 Å². The van der Waals surface area contributed by atoms with Crippen molar-refractivity contribution in [3.63, 3.8) is 0 Å². The minimum absolute atomic E-state index is 0.720. The topological polar surface area (TPSA) is 27.1 Å². The normalized spacial score (nSPS) is 10.5. The van der Waals surface area contributed by atoms with Gasteiger partial charge in [0.1, 0.15) is 5.75 Å². The summed E-state index contributed by atoms with van der Waals surface area (Å²) in [7, 11) is 1.65. The van der Waals surface area contributed by atoms with Crippen LogP contribution in [0.3, 0.4) is 0 Å². The Morgan fingerprint density at radius 3 is 2.75 bits per heavy atom. The van der Waals surface area contributed by atoms with Crippen LogP contribution in [0.25, 0.3) is 16.8 Å². The van der Waals surface area contributed by atoms with Gasteiger partial charge in [0.15, 0.2) is 0 Å². The Balaban J connectivity index is 2.00. The Hall–Kier alpha value is -2.26. The largest absolute Gasteiger partial charge is 0.497 e. The first-order chi connectivity index (χ1) is 9.78. The lowest BCUT2D eigenvalue weighted by molar-refractivity contribution is 0.414. The van der Waals surface area contributed by atoms with Crippen LogP contribution in [-0.4, -0.2) is 16.9 Å². The predicted octanol–water partition coefficient (Wildman–Crippen LogP) is 4.20. The molecule has 0 atom stereocenters. The van der Waals surface area contributed by atoms with E-state index in [4.69, 9.17) is 16.3 Å². The molecule has 1 aromatic heterocycles. The number of rotatable bonds is 3. The van der Waals surface area contributed by atoms with Crippen LogP contribution in [0.2, 0.25) is 5.02 Å². The molecule has 0 saturated heterocycles. The molecule has 0 aliphatic heterocycles. The summed E-state index contributed by atoms with van der Waals surface area (Å²) in [6.07, 6.45) is 3.76. The van der Waals surface area contributed by atoms with Crippen LogP contribution in [0, 0.1) is 0 Å². The van der Waals surface area contributed by atoms with E-state index in [2.05, 4.69) is 5.10 Å². The fourth-order valence-corrected chi connectivity index (χ4v) is 2.30. The standard InChI is InChI=1S/C16H13ClN2O/c1-20-14-6-4-5-13(9-14)19-11-12(10-18-19)15-7-2-3-8-16(15)17/h2-11H,1H3. The maximum atomic E-state index is 6.20. The molecule has 0 radical (unpaired) electrons. The minimum atomic E-state index is 0.720. The second kappa shape index (κ2) is 5.39. The zero-order valence-corrected chi connectivity index (χ0v) is 11.7. The molecule has 1 heterocycles. The van der Waals surface area contributed by atoms with Crippen molar-refractivity contribution in [2.24, 2.45) is 0 Å². The van der Waals surface area contributed by atoms with E-state index in [1.165, 1.54) is 0 Å². The maximum Gasteiger partial charge on any atom is 0.121 e. The molecule has 0 bridgehead atoms. The number of aromatic nitrogens is 2. The number of methoxy groups -OCH3 is 1. The highest BCUT2D eigenvalue weighted by Gasteiger charge is 2.07. The van der Waals surface area contributed by atoms with Gasteiger partial charge in [-0.2, -0.15) is 5.10 Å². The summed E-state index contributed by atoms with van der Waals surface area (Å²) in [5.41, 5.74) is 2.91. The van der Waals surface area contributed by atoms with Crippen LogP contribution >= 0.6 is 11.6 Å². The number of hydrogen-bond acceptors (Lipinski definition) is 2. The fourth-order valence-electron chi connectivity index (χ4n) is 2.05. The molecule has 100 valence electrons. The Morgan fingerprint density at radius 2 is 1.95 bits per heavy atom. The van der Waals surface area contributed by atoms with E-state index in [0.29, 0.717) is 0 Å². The smallest absolute Gasteiger partial charge is 0.121 e. The molecule has 4 heteroatoms. The van der Waals surface area contributed by atoms with Crippen molar-refractivity contribution in [2.45, 2.75) is 0 Å². The van der Waals surface area contributed by atoms with Gasteiger partial charge in [-0.3, -0.25) is 0 Å². The van der Waals surface area contributed by atoms with E-state index in [0.717, 1.165) is 27.6 Å². The minimum Gasteiger partial charge on any atom is -0.497 e. The molecule has 0 N–H and O–H groups in total. The third kappa shape index (κ3) is 2.40. The van der Waals surface area contributed by atoms with Crippen molar-refractivity contribution >= 4 is 11.6 Å². The van der Waals surface area contributed by atoms with Gasteiger partial charge in [-0.05, 0) is 18.2 Å². The molecule has 0 aliphatic rings. The lowest BCUT2D eigenvalue weighted by Crippen LogP contribution is -1.94. The fraction of sp³-hybridized carbons (Fsp3) is 0.0625. The number of halogens is 1. The van der Waals surface area contributed by atoms with Crippen molar-refractivity contribution < 1.29 is 4.74 Å². The predicted molar refractivity (Wildman–Crippen MR) is 80.6 cm³/mol. The number of benzene rings is 2. The zero-order chi connectivity index (χ0) is 13.9. The highest BCUT2D eigenvalue weighted by molar-refractivity contribution is 6.33. The van der Waals surface area contributed by atoms with Crippen molar-refractivity contribution in [1.29, 1.82) is 0 Å². The van der Waals surface area contributed by atoms with Crippen molar-refractivity contribution in [1.82, 2.24) is 9.78 Å². The van der Waals surface area contributed by atoms with Crippen LogP contribution in [-0.2, 0) is 0 Å². The monoisotopic (exact) mass is 284 g/mol. The maximum absolute atomic E-state index is 6.20. The number of ether oxygens (including phenoxy) is 1. The van der Waals surface area contributed by atoms with Crippen LogP contribution in [0.1, 0.15) is 0 Å². The van der Waals surface area contributed by atoms with Crippen LogP contribution in [0.15, 0.2) is 60.9 Å². The van der Waals surface area contributed by atoms with Gasteiger partial charge in [0, 0.05) is 28.4 Å². The van der Waals surface area contributed by atoms with Crippen LogP contribution < -0.4 is 4.74 Å². The highest BCUT2D eigenvalue weighted by Crippen LogP contribution is 2.28. The molecule has 20 heavy (non-hydrogen) atoms. The summed E-state index contributed by atoms with van der Waals surface area (Å²) < 4.78 is 7.03. The average Bonchev–Trinajstić information content (AvgIpc) is 2.97. The lowest BCUT2D eigenvalue weighted by Gasteiger charge is -2.04. The highest BCUT2D eigenvalue weighted by atomic mass is 35.5. The van der Waals surface area contributed by atoms with Gasteiger partial charge in [-0.25, -0.2) is 4.68 Å². The Kier molecular flexibility index (Phi) is 3.44. The molecule has 0 fully saturated rings. The van der Waals surface area contributed by atoms with Gasteiger partial charge in [-0.15, -0.1) is 0 Å². The van der Waals surface area contributed by atoms with Gasteiger partial charge < -0.3 is 4.74 Å². The summed E-state index contributed by atoms with van der Waals surface area (Å²) in [6.45, 7) is 0. The van der Waals surface area contributed by atoms with E-state index in [-0.39, 0.29) is 0 Å². The van der Waals surface area contributed by atoms with E-state index in [1.54, 1.807) is 18.0 Å². The molecule has 2 aromatic carbocycles.